The maximum atomic E-state index is 12.1. The van der Waals surface area contributed by atoms with Gasteiger partial charge in [0.25, 0.3) is 5.91 Å². The van der Waals surface area contributed by atoms with Crippen molar-refractivity contribution in [2.75, 3.05) is 5.32 Å². The molecule has 0 aliphatic rings. The summed E-state index contributed by atoms with van der Waals surface area (Å²) in [6.07, 6.45) is 3.01. The average molecular weight is 413 g/mol. The number of aromatic nitrogens is 2. The molecule has 0 radical (unpaired) electrons. The van der Waals surface area contributed by atoms with Crippen molar-refractivity contribution in [1.82, 2.24) is 9.97 Å². The molecule has 3 N–H and O–H groups in total. The molecule has 10 heteroatoms. The highest BCUT2D eigenvalue weighted by molar-refractivity contribution is 9.10. The Hall–Kier alpha value is -1.88. The molecule has 1 amide bonds. The minimum absolute atomic E-state index is 0.00252. The Morgan fingerprint density at radius 2 is 2.04 bits per heavy atom. The number of halogens is 1. The highest BCUT2D eigenvalue weighted by Crippen LogP contribution is 2.28. The van der Waals surface area contributed by atoms with E-state index in [-0.39, 0.29) is 10.8 Å². The van der Waals surface area contributed by atoms with Crippen LogP contribution in [0.1, 0.15) is 10.4 Å². The van der Waals surface area contributed by atoms with Gasteiger partial charge >= 0.3 is 0 Å². The van der Waals surface area contributed by atoms with Gasteiger partial charge in [-0.05, 0) is 40.2 Å². The van der Waals surface area contributed by atoms with Crippen molar-refractivity contribution >= 4 is 58.5 Å². The summed E-state index contributed by atoms with van der Waals surface area (Å²) in [6.45, 7) is 0. The zero-order chi connectivity index (χ0) is 16.6. The van der Waals surface area contributed by atoms with Crippen LogP contribution in [0.2, 0.25) is 0 Å². The van der Waals surface area contributed by atoms with Gasteiger partial charge < -0.3 is 0 Å². The summed E-state index contributed by atoms with van der Waals surface area (Å²) in [6, 6.07) is 5.98. The molecule has 1 aromatic carbocycles. The number of sulfonamides is 1. The second kappa shape index (κ2) is 5.96. The minimum Gasteiger partial charge on any atom is -0.298 e. The van der Waals surface area contributed by atoms with E-state index in [1.54, 1.807) is 18.3 Å². The summed E-state index contributed by atoms with van der Waals surface area (Å²) in [5.74, 6) is -0.357. The Morgan fingerprint density at radius 1 is 1.26 bits per heavy atom. The Labute approximate surface area is 143 Å². The fraction of sp³-hybridized carbons (Fsp3) is 0. The van der Waals surface area contributed by atoms with Crippen LogP contribution in [0.3, 0.4) is 0 Å². The number of carbonyl (C=O) groups is 1. The topological polar surface area (TPSA) is 115 Å². The molecular formula is C13H9BrN4O3S2. The van der Waals surface area contributed by atoms with Gasteiger partial charge in [-0.3, -0.25) is 15.1 Å². The van der Waals surface area contributed by atoms with Crippen LogP contribution in [0, 0.1) is 0 Å². The predicted molar refractivity (Wildman–Crippen MR) is 90.9 cm³/mol. The summed E-state index contributed by atoms with van der Waals surface area (Å²) < 4.78 is 24.0. The van der Waals surface area contributed by atoms with Gasteiger partial charge in [0.2, 0.25) is 10.0 Å². The maximum Gasteiger partial charge on any atom is 0.259 e. The monoisotopic (exact) mass is 412 g/mol. The third-order valence-electron chi connectivity index (χ3n) is 2.88. The van der Waals surface area contributed by atoms with E-state index in [1.807, 2.05) is 0 Å². The summed E-state index contributed by atoms with van der Waals surface area (Å²) in [7, 11) is -3.78. The van der Waals surface area contributed by atoms with Crippen molar-refractivity contribution in [2.24, 2.45) is 5.14 Å². The summed E-state index contributed by atoms with van der Waals surface area (Å²) >= 11 is 4.41. The molecule has 0 spiro atoms. The van der Waals surface area contributed by atoms with Gasteiger partial charge in [0.1, 0.15) is 0 Å². The number of thiazole rings is 1. The highest BCUT2D eigenvalue weighted by atomic mass is 79.9. The lowest BCUT2D eigenvalue weighted by molar-refractivity contribution is 0.102. The molecule has 0 aliphatic carbocycles. The van der Waals surface area contributed by atoms with E-state index in [1.165, 1.54) is 18.3 Å². The first kappa shape index (κ1) is 16.0. The third-order valence-corrected chi connectivity index (χ3v) is 5.15. The number of primary sulfonamides is 1. The van der Waals surface area contributed by atoms with Gasteiger partial charge in [0, 0.05) is 16.9 Å². The predicted octanol–water partition coefficient (Wildman–Crippen LogP) is 2.35. The lowest BCUT2D eigenvalue weighted by Gasteiger charge is -2.00. The largest absolute Gasteiger partial charge is 0.298 e. The number of benzene rings is 1. The van der Waals surface area contributed by atoms with Crippen molar-refractivity contribution in [3.8, 4) is 0 Å². The molecule has 0 unspecified atom stereocenters. The van der Waals surface area contributed by atoms with Crippen molar-refractivity contribution in [1.29, 1.82) is 0 Å². The number of anilines is 1. The number of rotatable bonds is 3. The minimum atomic E-state index is -3.78. The van der Waals surface area contributed by atoms with Crippen molar-refractivity contribution in [3.05, 3.63) is 46.7 Å². The number of carbonyl (C=O) groups excluding carboxylic acids is 1. The molecule has 0 atom stereocenters. The zero-order valence-corrected chi connectivity index (χ0v) is 14.6. The van der Waals surface area contributed by atoms with Crippen LogP contribution < -0.4 is 10.5 Å². The normalized spacial score (nSPS) is 11.6. The van der Waals surface area contributed by atoms with Crippen LogP contribution in [-0.4, -0.2) is 24.3 Å². The van der Waals surface area contributed by atoms with Crippen molar-refractivity contribution in [2.45, 2.75) is 4.90 Å². The van der Waals surface area contributed by atoms with E-state index >= 15 is 0 Å². The van der Waals surface area contributed by atoms with Crippen LogP contribution in [0.15, 0.2) is 46.0 Å². The summed E-state index contributed by atoms with van der Waals surface area (Å²) in [5.41, 5.74) is 0.953. The second-order valence-corrected chi connectivity index (χ2v) is 8.05. The highest BCUT2D eigenvalue weighted by Gasteiger charge is 2.13. The molecule has 0 bridgehead atoms. The number of nitrogens with two attached hydrogens (primary N) is 1. The number of hydrogen-bond donors (Lipinski definition) is 2. The molecule has 0 saturated heterocycles. The molecular weight excluding hydrogens is 404 g/mol. The second-order valence-electron chi connectivity index (χ2n) is 4.54. The van der Waals surface area contributed by atoms with Crippen LogP contribution in [-0.2, 0) is 10.0 Å². The Balaban J connectivity index is 1.90. The standard InChI is InChI=1S/C13H9BrN4O3S2/c14-8-3-7(5-16-6-8)12(19)18-13-17-10-2-1-9(23(15,20)21)4-11(10)22-13/h1-6H,(H2,15,20,21)(H,17,18,19). The van der Waals surface area contributed by atoms with Crippen LogP contribution in [0.4, 0.5) is 5.13 Å². The molecule has 0 fully saturated rings. The average Bonchev–Trinajstić information content (AvgIpc) is 2.87. The van der Waals surface area contributed by atoms with Gasteiger partial charge in [-0.15, -0.1) is 0 Å². The molecule has 0 aliphatic heterocycles. The number of nitrogens with zero attached hydrogens (tertiary/aromatic N) is 2. The first-order valence-electron chi connectivity index (χ1n) is 6.18. The molecule has 7 nitrogen and oxygen atoms in total. The van der Waals surface area contributed by atoms with E-state index in [0.717, 1.165) is 11.3 Å². The molecule has 0 saturated carbocycles. The molecule has 3 rings (SSSR count). The Morgan fingerprint density at radius 3 is 2.74 bits per heavy atom. The Bertz CT molecular complexity index is 1020. The first-order chi connectivity index (χ1) is 10.8. The first-order valence-corrected chi connectivity index (χ1v) is 9.34. The van der Waals surface area contributed by atoms with E-state index in [4.69, 9.17) is 5.14 Å². The van der Waals surface area contributed by atoms with Crippen LogP contribution in [0.5, 0.6) is 0 Å². The van der Waals surface area contributed by atoms with Gasteiger partial charge in [-0.1, -0.05) is 11.3 Å². The molecule has 23 heavy (non-hydrogen) atoms. The number of pyridine rings is 1. The fourth-order valence-corrected chi connectivity index (χ4v) is 3.72. The molecule has 2 heterocycles. The van der Waals surface area contributed by atoms with E-state index in [9.17, 15) is 13.2 Å². The van der Waals surface area contributed by atoms with Gasteiger partial charge in [0.05, 0.1) is 20.7 Å². The number of amides is 1. The maximum absolute atomic E-state index is 12.1. The number of nitrogens with one attached hydrogen (secondary N) is 1. The SMILES string of the molecule is NS(=O)(=O)c1ccc2nc(NC(=O)c3cncc(Br)c3)sc2c1. The Kier molecular flexibility index (Phi) is 4.15. The quantitative estimate of drug-likeness (QED) is 0.684. The lowest BCUT2D eigenvalue weighted by Crippen LogP contribution is -2.11. The van der Waals surface area contributed by atoms with E-state index < -0.39 is 10.0 Å². The van der Waals surface area contributed by atoms with Crippen molar-refractivity contribution < 1.29 is 13.2 Å². The van der Waals surface area contributed by atoms with E-state index in [2.05, 4.69) is 31.2 Å². The molecule has 2 aromatic heterocycles. The van der Waals surface area contributed by atoms with Crippen molar-refractivity contribution in [3.63, 3.8) is 0 Å². The molecule has 118 valence electrons. The summed E-state index contributed by atoms with van der Waals surface area (Å²) in [4.78, 5) is 20.3. The number of fused-ring (bicyclic) bond motifs is 1. The fourth-order valence-electron chi connectivity index (χ4n) is 1.84. The zero-order valence-electron chi connectivity index (χ0n) is 11.4. The van der Waals surface area contributed by atoms with Gasteiger partial charge in [0.15, 0.2) is 5.13 Å². The number of hydrogen-bond acceptors (Lipinski definition) is 6. The van der Waals surface area contributed by atoms with Gasteiger partial charge in [-0.25, -0.2) is 18.5 Å². The van der Waals surface area contributed by atoms with Crippen LogP contribution in [0.25, 0.3) is 10.2 Å². The third kappa shape index (κ3) is 3.55. The lowest BCUT2D eigenvalue weighted by atomic mass is 10.3. The summed E-state index contributed by atoms with van der Waals surface area (Å²) in [5, 5.41) is 8.12. The smallest absolute Gasteiger partial charge is 0.259 e. The molecule has 3 aromatic rings. The van der Waals surface area contributed by atoms with Crippen LogP contribution >= 0.6 is 27.3 Å². The van der Waals surface area contributed by atoms with Gasteiger partial charge in [-0.2, -0.15) is 0 Å². The van der Waals surface area contributed by atoms with E-state index in [0.29, 0.717) is 25.4 Å².